The lowest BCUT2D eigenvalue weighted by atomic mass is 10.0. The number of fused-ring (bicyclic) bond motifs is 2. The number of hydrogen-bond donors (Lipinski definition) is 1. The molecule has 2 aliphatic rings. The lowest BCUT2D eigenvalue weighted by Crippen LogP contribution is -2.18. The molecule has 0 atom stereocenters. The van der Waals surface area contributed by atoms with Crippen LogP contribution in [0.25, 0.3) is 0 Å². The van der Waals surface area contributed by atoms with Crippen molar-refractivity contribution in [3.63, 3.8) is 0 Å². The highest BCUT2D eigenvalue weighted by molar-refractivity contribution is 5.70. The summed E-state index contributed by atoms with van der Waals surface area (Å²) >= 11 is 0. The Labute approximate surface area is 94.6 Å². The summed E-state index contributed by atoms with van der Waals surface area (Å²) in [6.45, 7) is 0. The van der Waals surface area contributed by atoms with Gasteiger partial charge in [-0.25, -0.2) is 4.79 Å². The van der Waals surface area contributed by atoms with Crippen molar-refractivity contribution in [1.29, 1.82) is 0 Å². The minimum Gasteiger partial charge on any atom is -0.410 e. The molecule has 0 heterocycles. The largest absolute Gasteiger partial charge is 0.410 e. The first kappa shape index (κ1) is 9.70. The first-order valence-corrected chi connectivity index (χ1v) is 5.89. The van der Waals surface area contributed by atoms with E-state index in [1.54, 1.807) is 0 Å². The SMILES string of the molecule is NC(=O)Oc1c2c(cc3c1CCC3)CCC2. The number of carbonyl (C=O) groups excluding carboxylic acids is 1. The lowest BCUT2D eigenvalue weighted by molar-refractivity contribution is 0.210. The fourth-order valence-electron chi connectivity index (χ4n) is 2.99. The minimum atomic E-state index is -0.686. The van der Waals surface area contributed by atoms with Gasteiger partial charge in [-0.2, -0.15) is 0 Å². The van der Waals surface area contributed by atoms with E-state index < -0.39 is 6.09 Å². The quantitative estimate of drug-likeness (QED) is 0.783. The lowest BCUT2D eigenvalue weighted by Gasteiger charge is -2.13. The molecule has 0 fully saturated rings. The third-order valence-corrected chi connectivity index (χ3v) is 3.62. The number of rotatable bonds is 1. The van der Waals surface area contributed by atoms with Gasteiger partial charge in [-0.3, -0.25) is 0 Å². The smallest absolute Gasteiger partial charge is 0.409 e. The molecule has 16 heavy (non-hydrogen) atoms. The third-order valence-electron chi connectivity index (χ3n) is 3.62. The van der Waals surface area contributed by atoms with Gasteiger partial charge in [-0.1, -0.05) is 6.07 Å². The summed E-state index contributed by atoms with van der Waals surface area (Å²) in [5, 5.41) is 0. The van der Waals surface area contributed by atoms with E-state index in [4.69, 9.17) is 10.5 Å². The minimum absolute atomic E-state index is 0.686. The molecule has 3 rings (SSSR count). The van der Waals surface area contributed by atoms with Crippen molar-refractivity contribution in [3.8, 4) is 5.75 Å². The average molecular weight is 217 g/mol. The van der Waals surface area contributed by atoms with E-state index >= 15 is 0 Å². The molecule has 3 heteroatoms. The molecular formula is C13H15NO2. The summed E-state index contributed by atoms with van der Waals surface area (Å²) < 4.78 is 5.24. The molecule has 0 aromatic heterocycles. The Morgan fingerprint density at radius 3 is 2.12 bits per heavy atom. The van der Waals surface area contributed by atoms with Crippen LogP contribution in [0.5, 0.6) is 5.75 Å². The van der Waals surface area contributed by atoms with Crippen molar-refractivity contribution in [2.75, 3.05) is 0 Å². The Balaban J connectivity index is 2.15. The molecule has 0 saturated carbocycles. The number of primary amides is 1. The molecule has 1 aromatic rings. The van der Waals surface area contributed by atoms with E-state index in [1.165, 1.54) is 22.3 Å². The molecule has 0 bridgehead atoms. The van der Waals surface area contributed by atoms with Gasteiger partial charge in [-0.05, 0) is 60.8 Å². The standard InChI is InChI=1S/C13H15NO2/c14-13(15)16-12-10-5-1-3-8(10)7-9-4-2-6-11(9)12/h7H,1-6H2,(H2,14,15). The fourth-order valence-corrected chi connectivity index (χ4v) is 2.99. The van der Waals surface area contributed by atoms with Crippen LogP contribution in [-0.2, 0) is 25.7 Å². The second kappa shape index (κ2) is 3.51. The summed E-state index contributed by atoms with van der Waals surface area (Å²) in [4.78, 5) is 11.0. The fraction of sp³-hybridized carbons (Fsp3) is 0.462. The Hall–Kier alpha value is -1.51. The van der Waals surface area contributed by atoms with Crippen LogP contribution in [0.15, 0.2) is 6.07 Å². The van der Waals surface area contributed by atoms with Gasteiger partial charge in [0.25, 0.3) is 0 Å². The molecule has 0 spiro atoms. The van der Waals surface area contributed by atoms with Crippen molar-refractivity contribution < 1.29 is 9.53 Å². The summed E-state index contributed by atoms with van der Waals surface area (Å²) in [6.07, 6.45) is 5.89. The number of nitrogens with two attached hydrogens (primary N) is 1. The van der Waals surface area contributed by atoms with Crippen LogP contribution in [0, 0.1) is 0 Å². The summed E-state index contributed by atoms with van der Waals surface area (Å²) in [7, 11) is 0. The molecule has 2 aliphatic carbocycles. The van der Waals surface area contributed by atoms with Crippen molar-refractivity contribution in [2.45, 2.75) is 38.5 Å². The Morgan fingerprint density at radius 2 is 1.62 bits per heavy atom. The maximum atomic E-state index is 11.0. The van der Waals surface area contributed by atoms with Crippen molar-refractivity contribution in [3.05, 3.63) is 28.3 Å². The van der Waals surface area contributed by atoms with Crippen molar-refractivity contribution >= 4 is 6.09 Å². The van der Waals surface area contributed by atoms with Gasteiger partial charge < -0.3 is 10.5 Å². The van der Waals surface area contributed by atoms with Gasteiger partial charge in [0.2, 0.25) is 0 Å². The van der Waals surface area contributed by atoms with E-state index in [0.717, 1.165) is 44.3 Å². The average Bonchev–Trinajstić information content (AvgIpc) is 2.83. The monoisotopic (exact) mass is 217 g/mol. The van der Waals surface area contributed by atoms with Gasteiger partial charge in [0, 0.05) is 0 Å². The van der Waals surface area contributed by atoms with Gasteiger partial charge in [0.05, 0.1) is 0 Å². The molecule has 2 N–H and O–H groups in total. The molecule has 0 aliphatic heterocycles. The van der Waals surface area contributed by atoms with E-state index in [9.17, 15) is 4.79 Å². The zero-order valence-electron chi connectivity index (χ0n) is 9.21. The van der Waals surface area contributed by atoms with Crippen LogP contribution < -0.4 is 10.5 Å². The predicted molar refractivity (Wildman–Crippen MR) is 60.7 cm³/mol. The zero-order chi connectivity index (χ0) is 11.1. The van der Waals surface area contributed by atoms with Crippen LogP contribution in [0.3, 0.4) is 0 Å². The first-order valence-electron chi connectivity index (χ1n) is 5.89. The van der Waals surface area contributed by atoms with Crippen LogP contribution in [-0.4, -0.2) is 6.09 Å². The highest BCUT2D eigenvalue weighted by atomic mass is 16.5. The molecule has 0 radical (unpaired) electrons. The number of amides is 1. The van der Waals surface area contributed by atoms with E-state index in [2.05, 4.69) is 6.07 Å². The normalized spacial score (nSPS) is 17.0. The van der Waals surface area contributed by atoms with Crippen molar-refractivity contribution in [1.82, 2.24) is 0 Å². The van der Waals surface area contributed by atoms with Crippen LogP contribution >= 0.6 is 0 Å². The van der Waals surface area contributed by atoms with Gasteiger partial charge in [0.15, 0.2) is 0 Å². The number of carbonyl (C=O) groups is 1. The topological polar surface area (TPSA) is 52.3 Å². The Kier molecular flexibility index (Phi) is 2.13. The molecule has 0 saturated heterocycles. The highest BCUT2D eigenvalue weighted by Crippen LogP contribution is 2.40. The van der Waals surface area contributed by atoms with Crippen molar-refractivity contribution in [2.24, 2.45) is 5.73 Å². The van der Waals surface area contributed by atoms with Crippen LogP contribution in [0.1, 0.15) is 35.1 Å². The molecule has 1 aromatic carbocycles. The number of aryl methyl sites for hydroxylation is 2. The summed E-state index contributed by atoms with van der Waals surface area (Å²) in [5.74, 6) is 0.787. The van der Waals surface area contributed by atoms with Gasteiger partial charge in [-0.15, -0.1) is 0 Å². The molecular weight excluding hydrogens is 202 g/mol. The summed E-state index contributed by atoms with van der Waals surface area (Å²) in [6, 6.07) is 2.30. The maximum absolute atomic E-state index is 11.0. The number of ether oxygens (including phenoxy) is 1. The first-order chi connectivity index (χ1) is 7.75. The molecule has 1 amide bonds. The van der Waals surface area contributed by atoms with Gasteiger partial charge >= 0.3 is 6.09 Å². The second-order valence-electron chi connectivity index (χ2n) is 4.61. The summed E-state index contributed by atoms with van der Waals surface area (Å²) in [5.41, 5.74) is 10.3. The highest BCUT2D eigenvalue weighted by Gasteiger charge is 2.25. The number of benzene rings is 1. The number of hydrogen-bond acceptors (Lipinski definition) is 2. The predicted octanol–water partition coefficient (Wildman–Crippen LogP) is 2.12. The molecule has 0 unspecified atom stereocenters. The van der Waals surface area contributed by atoms with Gasteiger partial charge in [0.1, 0.15) is 5.75 Å². The van der Waals surface area contributed by atoms with E-state index in [0.29, 0.717) is 0 Å². The van der Waals surface area contributed by atoms with Crippen LogP contribution in [0.2, 0.25) is 0 Å². The van der Waals surface area contributed by atoms with E-state index in [1.807, 2.05) is 0 Å². The maximum Gasteiger partial charge on any atom is 0.409 e. The van der Waals surface area contributed by atoms with E-state index in [-0.39, 0.29) is 0 Å². The zero-order valence-corrected chi connectivity index (χ0v) is 9.21. The Bertz CT molecular complexity index is 433. The Morgan fingerprint density at radius 1 is 1.06 bits per heavy atom. The molecule has 3 nitrogen and oxygen atoms in total. The molecule has 84 valence electrons. The second-order valence-corrected chi connectivity index (χ2v) is 4.61. The van der Waals surface area contributed by atoms with Crippen LogP contribution in [0.4, 0.5) is 4.79 Å². The third kappa shape index (κ3) is 1.39.